The number of rotatable bonds is 12. The first-order valence-corrected chi connectivity index (χ1v) is 8.74. The maximum atomic E-state index is 6.17. The zero-order valence-corrected chi connectivity index (χ0v) is 14.1. The molecule has 19 heavy (non-hydrogen) atoms. The lowest BCUT2D eigenvalue weighted by molar-refractivity contribution is 0.298. The molecule has 0 aromatic rings. The van der Waals surface area contributed by atoms with Crippen LogP contribution >= 0.6 is 0 Å². The van der Waals surface area contributed by atoms with E-state index in [1.807, 2.05) is 0 Å². The molecule has 0 saturated heterocycles. The van der Waals surface area contributed by atoms with Gasteiger partial charge in [0.1, 0.15) is 0 Å². The van der Waals surface area contributed by atoms with Crippen molar-refractivity contribution < 1.29 is 0 Å². The molecule has 1 atom stereocenters. The van der Waals surface area contributed by atoms with Crippen LogP contribution in [0.3, 0.4) is 0 Å². The van der Waals surface area contributed by atoms with Gasteiger partial charge in [0.15, 0.2) is 0 Å². The SMILES string of the molecule is CCCCCCCCCCCCCC(N)C(C)(C)C. The molecule has 0 bridgehead atoms. The standard InChI is InChI=1S/C18H39N/c1-5-6-7-8-9-10-11-12-13-14-15-16-17(19)18(2,3)4/h17H,5-16,19H2,1-4H3. The minimum atomic E-state index is 0.276. The minimum absolute atomic E-state index is 0.276. The molecule has 0 aromatic heterocycles. The van der Waals surface area contributed by atoms with Crippen molar-refractivity contribution in [1.29, 1.82) is 0 Å². The van der Waals surface area contributed by atoms with Crippen molar-refractivity contribution in [3.05, 3.63) is 0 Å². The predicted octanol–water partition coefficient (Wildman–Crippen LogP) is 6.06. The van der Waals surface area contributed by atoms with Crippen molar-refractivity contribution in [2.24, 2.45) is 11.1 Å². The summed E-state index contributed by atoms with van der Waals surface area (Å²) in [6, 6.07) is 0.367. The molecule has 0 heterocycles. The van der Waals surface area contributed by atoms with Crippen LogP contribution in [-0.4, -0.2) is 6.04 Å². The van der Waals surface area contributed by atoms with Gasteiger partial charge in [-0.25, -0.2) is 0 Å². The third-order valence-corrected chi connectivity index (χ3v) is 4.23. The van der Waals surface area contributed by atoms with Crippen LogP contribution in [0, 0.1) is 5.41 Å². The topological polar surface area (TPSA) is 26.0 Å². The van der Waals surface area contributed by atoms with E-state index in [2.05, 4.69) is 27.7 Å². The van der Waals surface area contributed by atoms with Gasteiger partial charge in [-0.3, -0.25) is 0 Å². The Morgan fingerprint density at radius 3 is 1.42 bits per heavy atom. The number of unbranched alkanes of at least 4 members (excludes halogenated alkanes) is 10. The smallest absolute Gasteiger partial charge is 0.00876 e. The Labute approximate surface area is 122 Å². The van der Waals surface area contributed by atoms with Gasteiger partial charge in [-0.2, -0.15) is 0 Å². The highest BCUT2D eigenvalue weighted by Gasteiger charge is 2.19. The fourth-order valence-electron chi connectivity index (χ4n) is 2.46. The molecule has 0 spiro atoms. The van der Waals surface area contributed by atoms with Crippen LogP contribution in [-0.2, 0) is 0 Å². The highest BCUT2D eigenvalue weighted by atomic mass is 14.7. The van der Waals surface area contributed by atoms with E-state index in [0.717, 1.165) is 0 Å². The average Bonchev–Trinajstić information content (AvgIpc) is 2.34. The third kappa shape index (κ3) is 12.7. The normalized spacial score (nSPS) is 13.7. The van der Waals surface area contributed by atoms with Crippen molar-refractivity contribution >= 4 is 0 Å². The van der Waals surface area contributed by atoms with Crippen LogP contribution in [0.25, 0.3) is 0 Å². The molecule has 0 aliphatic rings. The summed E-state index contributed by atoms with van der Waals surface area (Å²) < 4.78 is 0. The first kappa shape index (κ1) is 19.0. The Bertz CT molecular complexity index is 181. The minimum Gasteiger partial charge on any atom is -0.327 e. The van der Waals surface area contributed by atoms with Crippen molar-refractivity contribution in [1.82, 2.24) is 0 Å². The van der Waals surface area contributed by atoms with Gasteiger partial charge in [-0.1, -0.05) is 98.3 Å². The van der Waals surface area contributed by atoms with Crippen LogP contribution in [0.5, 0.6) is 0 Å². The summed E-state index contributed by atoms with van der Waals surface area (Å²) in [5.41, 5.74) is 6.45. The van der Waals surface area contributed by atoms with Gasteiger partial charge in [0.25, 0.3) is 0 Å². The molecule has 1 nitrogen and oxygen atoms in total. The lowest BCUT2D eigenvalue weighted by Crippen LogP contribution is -2.34. The Morgan fingerprint density at radius 2 is 1.05 bits per heavy atom. The van der Waals surface area contributed by atoms with Gasteiger partial charge in [-0.15, -0.1) is 0 Å². The van der Waals surface area contributed by atoms with E-state index in [0.29, 0.717) is 6.04 Å². The first-order chi connectivity index (χ1) is 8.98. The lowest BCUT2D eigenvalue weighted by atomic mass is 9.84. The largest absolute Gasteiger partial charge is 0.327 e. The van der Waals surface area contributed by atoms with Crippen LogP contribution in [0.1, 0.15) is 105 Å². The first-order valence-electron chi connectivity index (χ1n) is 8.74. The third-order valence-electron chi connectivity index (χ3n) is 4.23. The maximum Gasteiger partial charge on any atom is 0.00876 e. The summed E-state index contributed by atoms with van der Waals surface area (Å²) in [4.78, 5) is 0. The van der Waals surface area contributed by atoms with Crippen molar-refractivity contribution in [3.8, 4) is 0 Å². The van der Waals surface area contributed by atoms with E-state index in [4.69, 9.17) is 5.73 Å². The van der Waals surface area contributed by atoms with Crippen LogP contribution < -0.4 is 5.73 Å². The summed E-state index contributed by atoms with van der Waals surface area (Å²) in [7, 11) is 0. The van der Waals surface area contributed by atoms with E-state index in [1.54, 1.807) is 0 Å². The maximum absolute atomic E-state index is 6.17. The highest BCUT2D eigenvalue weighted by Crippen LogP contribution is 2.22. The fraction of sp³-hybridized carbons (Fsp3) is 1.00. The summed E-state index contributed by atoms with van der Waals surface area (Å²) in [6.45, 7) is 9.02. The van der Waals surface area contributed by atoms with Crippen molar-refractivity contribution in [2.75, 3.05) is 0 Å². The second kappa shape index (κ2) is 11.8. The molecule has 1 heteroatoms. The van der Waals surface area contributed by atoms with Crippen LogP contribution in [0.2, 0.25) is 0 Å². The number of nitrogens with two attached hydrogens (primary N) is 1. The molecule has 1 unspecified atom stereocenters. The van der Waals surface area contributed by atoms with Gasteiger partial charge in [0.05, 0.1) is 0 Å². The Balaban J connectivity index is 3.15. The summed E-state index contributed by atoms with van der Waals surface area (Å²) in [5.74, 6) is 0. The molecule has 0 radical (unpaired) electrons. The molecule has 116 valence electrons. The van der Waals surface area contributed by atoms with E-state index in [9.17, 15) is 0 Å². The molecule has 2 N–H and O–H groups in total. The summed E-state index contributed by atoms with van der Waals surface area (Å²) >= 11 is 0. The molecular formula is C18H39N. The van der Waals surface area contributed by atoms with Gasteiger partial charge in [0, 0.05) is 6.04 Å². The van der Waals surface area contributed by atoms with Gasteiger partial charge >= 0.3 is 0 Å². The number of hydrogen-bond donors (Lipinski definition) is 1. The molecule has 0 fully saturated rings. The van der Waals surface area contributed by atoms with Crippen molar-refractivity contribution in [3.63, 3.8) is 0 Å². The van der Waals surface area contributed by atoms with E-state index in [-0.39, 0.29) is 5.41 Å². The molecule has 0 rings (SSSR count). The molecule has 0 aliphatic heterocycles. The predicted molar refractivity (Wildman–Crippen MR) is 88.5 cm³/mol. The molecule has 0 saturated carbocycles. The van der Waals surface area contributed by atoms with Crippen molar-refractivity contribution in [2.45, 2.75) is 111 Å². The van der Waals surface area contributed by atoms with E-state index >= 15 is 0 Å². The van der Waals surface area contributed by atoms with E-state index in [1.165, 1.54) is 77.0 Å². The molecule has 0 aromatic carbocycles. The Kier molecular flexibility index (Phi) is 11.7. The zero-order chi connectivity index (χ0) is 14.6. The van der Waals surface area contributed by atoms with Crippen LogP contribution in [0.15, 0.2) is 0 Å². The highest BCUT2D eigenvalue weighted by molar-refractivity contribution is 4.76. The molecular weight excluding hydrogens is 230 g/mol. The average molecular weight is 270 g/mol. The van der Waals surface area contributed by atoms with Gasteiger partial charge < -0.3 is 5.73 Å². The number of hydrogen-bond acceptors (Lipinski definition) is 1. The quantitative estimate of drug-likeness (QED) is 0.428. The molecule has 0 amide bonds. The monoisotopic (exact) mass is 269 g/mol. The Hall–Kier alpha value is -0.0400. The Morgan fingerprint density at radius 1 is 0.684 bits per heavy atom. The second-order valence-corrected chi connectivity index (χ2v) is 7.30. The summed E-state index contributed by atoms with van der Waals surface area (Å²) in [6.07, 6.45) is 16.7. The lowest BCUT2D eigenvalue weighted by Gasteiger charge is -2.26. The zero-order valence-electron chi connectivity index (χ0n) is 14.1. The fourth-order valence-corrected chi connectivity index (χ4v) is 2.46. The van der Waals surface area contributed by atoms with Gasteiger partial charge in [-0.05, 0) is 11.8 Å². The van der Waals surface area contributed by atoms with Crippen LogP contribution in [0.4, 0.5) is 0 Å². The van der Waals surface area contributed by atoms with E-state index < -0.39 is 0 Å². The second-order valence-electron chi connectivity index (χ2n) is 7.30. The molecule has 0 aliphatic carbocycles. The summed E-state index contributed by atoms with van der Waals surface area (Å²) in [5, 5.41) is 0. The van der Waals surface area contributed by atoms with Gasteiger partial charge in [0.2, 0.25) is 0 Å².